The van der Waals surface area contributed by atoms with E-state index in [0.717, 1.165) is 22.4 Å². The molecule has 1 heterocycles. The fourth-order valence-electron chi connectivity index (χ4n) is 2.91. The van der Waals surface area contributed by atoms with E-state index in [4.69, 9.17) is 9.47 Å². The summed E-state index contributed by atoms with van der Waals surface area (Å²) in [5.74, 6) is 0.886. The number of cyclic esters (lactones) is 1. The van der Waals surface area contributed by atoms with Gasteiger partial charge in [-0.05, 0) is 35.4 Å². The molecular formula is C23H19NO3. The van der Waals surface area contributed by atoms with Gasteiger partial charge >= 0.3 is 5.97 Å². The summed E-state index contributed by atoms with van der Waals surface area (Å²) in [6.45, 7) is 0.528. The molecule has 0 bridgehead atoms. The van der Waals surface area contributed by atoms with Crippen molar-refractivity contribution in [2.24, 2.45) is 4.99 Å². The van der Waals surface area contributed by atoms with E-state index in [1.165, 1.54) is 0 Å². The third-order valence-electron chi connectivity index (χ3n) is 4.36. The standard InChI is InChI=1S/C23H19NO3/c25-23-21(24-22(27-23)19-9-5-2-6-10-19)15-17-11-13-20(14-12-17)26-16-18-7-3-1-4-8-18/h1-14,21H,15-16H2. The lowest BCUT2D eigenvalue weighted by Gasteiger charge is -2.08. The van der Waals surface area contributed by atoms with Crippen LogP contribution in [0, 0.1) is 0 Å². The van der Waals surface area contributed by atoms with Gasteiger partial charge in [-0.15, -0.1) is 0 Å². The molecule has 0 amide bonds. The Bertz CT molecular complexity index is 934. The number of carbonyl (C=O) groups is 1. The number of carbonyl (C=O) groups excluding carboxylic acids is 1. The Kier molecular flexibility index (Phi) is 4.97. The molecule has 1 aliphatic rings. The van der Waals surface area contributed by atoms with Crippen molar-refractivity contribution in [3.63, 3.8) is 0 Å². The van der Waals surface area contributed by atoms with Crippen molar-refractivity contribution in [1.82, 2.24) is 0 Å². The highest BCUT2D eigenvalue weighted by Crippen LogP contribution is 2.20. The summed E-state index contributed by atoms with van der Waals surface area (Å²) in [7, 11) is 0. The first-order valence-electron chi connectivity index (χ1n) is 8.88. The largest absolute Gasteiger partial charge is 0.489 e. The van der Waals surface area contributed by atoms with Crippen LogP contribution < -0.4 is 4.74 Å². The summed E-state index contributed by atoms with van der Waals surface area (Å²) < 4.78 is 11.1. The van der Waals surface area contributed by atoms with Crippen molar-refractivity contribution in [2.75, 3.05) is 0 Å². The molecule has 1 aliphatic heterocycles. The van der Waals surface area contributed by atoms with Gasteiger partial charge in [-0.3, -0.25) is 0 Å². The third kappa shape index (κ3) is 4.23. The fraction of sp³-hybridized carbons (Fsp3) is 0.130. The summed E-state index contributed by atoms with van der Waals surface area (Å²) in [5.41, 5.74) is 2.96. The number of esters is 1. The summed E-state index contributed by atoms with van der Waals surface area (Å²) in [5, 5.41) is 0. The molecule has 4 nitrogen and oxygen atoms in total. The van der Waals surface area contributed by atoms with Crippen LogP contribution in [0.2, 0.25) is 0 Å². The quantitative estimate of drug-likeness (QED) is 0.622. The second-order valence-electron chi connectivity index (χ2n) is 6.36. The van der Waals surface area contributed by atoms with E-state index < -0.39 is 6.04 Å². The van der Waals surface area contributed by atoms with Gasteiger partial charge in [0.25, 0.3) is 0 Å². The van der Waals surface area contributed by atoms with Gasteiger partial charge in [0.2, 0.25) is 5.90 Å². The molecule has 0 fully saturated rings. The second-order valence-corrected chi connectivity index (χ2v) is 6.36. The monoisotopic (exact) mass is 357 g/mol. The minimum atomic E-state index is -0.503. The van der Waals surface area contributed by atoms with Gasteiger partial charge in [-0.2, -0.15) is 0 Å². The van der Waals surface area contributed by atoms with Gasteiger partial charge in [0, 0.05) is 12.0 Å². The lowest BCUT2D eigenvalue weighted by molar-refractivity contribution is -0.134. The summed E-state index contributed by atoms with van der Waals surface area (Å²) >= 11 is 0. The molecule has 0 saturated carbocycles. The van der Waals surface area contributed by atoms with Crippen LogP contribution in [0.25, 0.3) is 0 Å². The van der Waals surface area contributed by atoms with Crippen LogP contribution >= 0.6 is 0 Å². The lowest BCUT2D eigenvalue weighted by Crippen LogP contribution is -2.17. The van der Waals surface area contributed by atoms with Crippen molar-refractivity contribution in [1.29, 1.82) is 0 Å². The predicted molar refractivity (Wildman–Crippen MR) is 104 cm³/mol. The maximum absolute atomic E-state index is 12.1. The Morgan fingerprint density at radius 1 is 0.815 bits per heavy atom. The molecule has 0 aromatic heterocycles. The smallest absolute Gasteiger partial charge is 0.338 e. The van der Waals surface area contributed by atoms with E-state index in [9.17, 15) is 4.79 Å². The van der Waals surface area contributed by atoms with E-state index in [0.29, 0.717) is 18.9 Å². The molecule has 0 spiro atoms. The molecule has 0 N–H and O–H groups in total. The van der Waals surface area contributed by atoms with E-state index in [1.54, 1.807) is 0 Å². The van der Waals surface area contributed by atoms with E-state index in [-0.39, 0.29) is 5.97 Å². The third-order valence-corrected chi connectivity index (χ3v) is 4.36. The molecule has 1 atom stereocenters. The van der Waals surface area contributed by atoms with E-state index in [1.807, 2.05) is 84.9 Å². The van der Waals surface area contributed by atoms with Gasteiger partial charge in [0.15, 0.2) is 6.04 Å². The number of rotatable bonds is 6. The Hall–Kier alpha value is -3.40. The summed E-state index contributed by atoms with van der Waals surface area (Å²) in [6.07, 6.45) is 0.508. The predicted octanol–water partition coefficient (Wildman–Crippen LogP) is 4.18. The lowest BCUT2D eigenvalue weighted by atomic mass is 10.1. The number of hydrogen-bond acceptors (Lipinski definition) is 4. The van der Waals surface area contributed by atoms with E-state index in [2.05, 4.69) is 4.99 Å². The number of benzene rings is 3. The van der Waals surface area contributed by atoms with Gasteiger partial charge < -0.3 is 9.47 Å². The average molecular weight is 357 g/mol. The molecule has 1 unspecified atom stereocenters. The Labute approximate surface area is 158 Å². The minimum absolute atomic E-state index is 0.307. The SMILES string of the molecule is O=C1OC(c2ccccc2)=NC1Cc1ccc(OCc2ccccc2)cc1. The highest BCUT2D eigenvalue weighted by atomic mass is 16.6. The van der Waals surface area contributed by atoms with E-state index >= 15 is 0 Å². The molecular weight excluding hydrogens is 338 g/mol. The molecule has 4 heteroatoms. The van der Waals surface area contributed by atoms with Gasteiger partial charge in [0.05, 0.1) is 0 Å². The summed E-state index contributed by atoms with van der Waals surface area (Å²) in [4.78, 5) is 16.6. The maximum Gasteiger partial charge on any atom is 0.338 e. The second kappa shape index (κ2) is 7.87. The van der Waals surface area contributed by atoms with Crippen LogP contribution in [-0.4, -0.2) is 17.9 Å². The zero-order valence-corrected chi connectivity index (χ0v) is 14.7. The minimum Gasteiger partial charge on any atom is -0.489 e. The molecule has 0 saturated heterocycles. The topological polar surface area (TPSA) is 47.9 Å². The Balaban J connectivity index is 1.38. The first-order chi connectivity index (χ1) is 13.3. The number of nitrogens with zero attached hydrogens (tertiary/aromatic N) is 1. The van der Waals surface area contributed by atoms with Gasteiger partial charge in [-0.1, -0.05) is 60.7 Å². The van der Waals surface area contributed by atoms with Crippen molar-refractivity contribution >= 4 is 11.9 Å². The van der Waals surface area contributed by atoms with Crippen LogP contribution in [0.4, 0.5) is 0 Å². The van der Waals surface area contributed by atoms with Crippen LogP contribution in [0.15, 0.2) is 89.9 Å². The number of ether oxygens (including phenoxy) is 2. The molecule has 27 heavy (non-hydrogen) atoms. The Morgan fingerprint density at radius 2 is 1.48 bits per heavy atom. The van der Waals surface area contributed by atoms with Crippen LogP contribution in [0.5, 0.6) is 5.75 Å². The Morgan fingerprint density at radius 3 is 2.19 bits per heavy atom. The fourth-order valence-corrected chi connectivity index (χ4v) is 2.91. The molecule has 0 radical (unpaired) electrons. The summed E-state index contributed by atoms with van der Waals surface area (Å²) in [6, 6.07) is 26.8. The molecule has 134 valence electrons. The van der Waals surface area contributed by atoms with Crippen LogP contribution in [-0.2, 0) is 22.6 Å². The van der Waals surface area contributed by atoms with Crippen molar-refractivity contribution < 1.29 is 14.3 Å². The normalized spacial score (nSPS) is 15.9. The first kappa shape index (κ1) is 17.0. The zero-order valence-electron chi connectivity index (χ0n) is 14.7. The first-order valence-corrected chi connectivity index (χ1v) is 8.88. The number of hydrogen-bond donors (Lipinski definition) is 0. The maximum atomic E-state index is 12.1. The highest BCUT2D eigenvalue weighted by molar-refractivity contribution is 6.06. The molecule has 4 rings (SSSR count). The van der Waals surface area contributed by atoms with Gasteiger partial charge in [-0.25, -0.2) is 9.79 Å². The van der Waals surface area contributed by atoms with Crippen molar-refractivity contribution in [3.05, 3.63) is 102 Å². The molecule has 3 aromatic carbocycles. The molecule has 3 aromatic rings. The highest BCUT2D eigenvalue weighted by Gasteiger charge is 2.29. The van der Waals surface area contributed by atoms with Crippen LogP contribution in [0.1, 0.15) is 16.7 Å². The van der Waals surface area contributed by atoms with Crippen molar-refractivity contribution in [2.45, 2.75) is 19.1 Å². The number of aliphatic imine (C=N–C) groups is 1. The van der Waals surface area contributed by atoms with Gasteiger partial charge in [0.1, 0.15) is 12.4 Å². The average Bonchev–Trinajstić information content (AvgIpc) is 3.09. The zero-order chi connectivity index (χ0) is 18.5. The molecule has 0 aliphatic carbocycles. The van der Waals surface area contributed by atoms with Crippen molar-refractivity contribution in [3.8, 4) is 5.75 Å². The van der Waals surface area contributed by atoms with Crippen LogP contribution in [0.3, 0.4) is 0 Å².